The zero-order chi connectivity index (χ0) is 20.5. The second-order valence-corrected chi connectivity index (χ2v) is 9.51. The largest absolute Gasteiger partial charge is 0.0654 e. The van der Waals surface area contributed by atoms with Crippen LogP contribution in [-0.4, -0.2) is 0 Å². The normalized spacial score (nSPS) is 12.5. The van der Waals surface area contributed by atoms with Gasteiger partial charge in [0.15, 0.2) is 0 Å². The van der Waals surface area contributed by atoms with Gasteiger partial charge in [-0.25, -0.2) is 0 Å². The van der Waals surface area contributed by atoms with Gasteiger partial charge < -0.3 is 0 Å². The molecule has 0 bridgehead atoms. The predicted octanol–water partition coefficient (Wildman–Crippen LogP) is 10.8. The highest BCUT2D eigenvalue weighted by Gasteiger charge is 2.02. The molecular weight excluding hydrogens is 336 g/mol. The number of hydrogen-bond donors (Lipinski definition) is 0. The van der Waals surface area contributed by atoms with E-state index in [4.69, 9.17) is 0 Å². The first-order valence-corrected chi connectivity index (χ1v) is 13.6. The van der Waals surface area contributed by atoms with E-state index in [-0.39, 0.29) is 0 Å². The summed E-state index contributed by atoms with van der Waals surface area (Å²) < 4.78 is 0. The molecule has 0 rings (SSSR count). The van der Waals surface area contributed by atoms with E-state index in [1.807, 2.05) is 0 Å². The molecule has 0 saturated carbocycles. The van der Waals surface area contributed by atoms with Crippen LogP contribution in [0.2, 0.25) is 0 Å². The van der Waals surface area contributed by atoms with Crippen LogP contribution in [0.5, 0.6) is 0 Å². The van der Waals surface area contributed by atoms with Gasteiger partial charge in [-0.1, -0.05) is 162 Å². The zero-order valence-corrected chi connectivity index (χ0v) is 20.4. The van der Waals surface area contributed by atoms with Crippen LogP contribution in [0.3, 0.4) is 0 Å². The van der Waals surface area contributed by atoms with Gasteiger partial charge in [0.25, 0.3) is 0 Å². The van der Waals surface area contributed by atoms with Crippen LogP contribution in [0, 0.1) is 12.3 Å². The fourth-order valence-corrected chi connectivity index (χ4v) is 4.28. The second-order valence-electron chi connectivity index (χ2n) is 9.51. The minimum absolute atomic E-state index is 0.845. The van der Waals surface area contributed by atoms with Crippen LogP contribution in [0.25, 0.3) is 0 Å². The first kappa shape index (κ1) is 28.0. The van der Waals surface area contributed by atoms with Gasteiger partial charge >= 0.3 is 0 Å². The summed E-state index contributed by atoms with van der Waals surface area (Å²) in [6.45, 7) is 7.03. The molecule has 0 amide bonds. The van der Waals surface area contributed by atoms with Crippen molar-refractivity contribution in [1.29, 1.82) is 0 Å². The van der Waals surface area contributed by atoms with Crippen molar-refractivity contribution in [3.8, 4) is 0 Å². The fraction of sp³-hybridized carbons (Fsp3) is 0.964. The molecule has 0 saturated heterocycles. The van der Waals surface area contributed by atoms with Crippen LogP contribution in [0.4, 0.5) is 0 Å². The topological polar surface area (TPSA) is 0 Å². The molecule has 1 radical (unpaired) electrons. The monoisotopic (exact) mass is 393 g/mol. The van der Waals surface area contributed by atoms with Crippen LogP contribution in [0.1, 0.15) is 168 Å². The third-order valence-electron chi connectivity index (χ3n) is 6.39. The quantitative estimate of drug-likeness (QED) is 0.143. The zero-order valence-electron chi connectivity index (χ0n) is 20.4. The van der Waals surface area contributed by atoms with Gasteiger partial charge in [-0.05, 0) is 18.8 Å². The maximum atomic E-state index is 2.61. The summed E-state index contributed by atoms with van der Waals surface area (Å²) in [5, 5.41) is 0. The lowest BCUT2D eigenvalue weighted by Crippen LogP contribution is -1.96. The molecule has 0 N–H and O–H groups in total. The SMILES string of the molecule is CCCCCCCCCCCCCCCCC[CH]C(C)CCCCCCCC. The van der Waals surface area contributed by atoms with Crippen molar-refractivity contribution in [3.63, 3.8) is 0 Å². The third-order valence-corrected chi connectivity index (χ3v) is 6.39. The maximum Gasteiger partial charge on any atom is -0.0358 e. The molecule has 0 spiro atoms. The predicted molar refractivity (Wildman–Crippen MR) is 131 cm³/mol. The van der Waals surface area contributed by atoms with Crippen molar-refractivity contribution in [2.45, 2.75) is 168 Å². The standard InChI is InChI=1S/C28H57/c1-4-6-8-10-12-13-14-15-16-17-18-19-20-21-23-25-27-28(3)26-24-22-11-9-7-5-2/h27-28H,4-26H2,1-3H3. The van der Waals surface area contributed by atoms with Crippen molar-refractivity contribution in [2.24, 2.45) is 5.92 Å². The molecule has 0 heterocycles. The molecule has 0 nitrogen and oxygen atoms in total. The Morgan fingerprint density at radius 2 is 0.750 bits per heavy atom. The van der Waals surface area contributed by atoms with E-state index < -0.39 is 0 Å². The van der Waals surface area contributed by atoms with E-state index in [9.17, 15) is 0 Å². The molecular formula is C28H57. The first-order valence-electron chi connectivity index (χ1n) is 13.6. The Balaban J connectivity index is 3.09. The molecule has 169 valence electrons. The maximum absolute atomic E-state index is 2.61. The van der Waals surface area contributed by atoms with Crippen LogP contribution < -0.4 is 0 Å². The first-order chi connectivity index (χ1) is 13.8. The molecule has 0 aromatic rings. The summed E-state index contributed by atoms with van der Waals surface area (Å²) >= 11 is 0. The average molecular weight is 394 g/mol. The van der Waals surface area contributed by atoms with Gasteiger partial charge in [-0.2, -0.15) is 0 Å². The summed E-state index contributed by atoms with van der Waals surface area (Å²) in [5.74, 6) is 0.845. The summed E-state index contributed by atoms with van der Waals surface area (Å²) in [4.78, 5) is 0. The summed E-state index contributed by atoms with van der Waals surface area (Å²) in [7, 11) is 0. The molecule has 0 aliphatic heterocycles. The van der Waals surface area contributed by atoms with Crippen molar-refractivity contribution in [3.05, 3.63) is 6.42 Å². The van der Waals surface area contributed by atoms with Gasteiger partial charge in [0.1, 0.15) is 0 Å². The van der Waals surface area contributed by atoms with Crippen molar-refractivity contribution < 1.29 is 0 Å². The molecule has 0 aliphatic rings. The molecule has 0 aromatic carbocycles. The molecule has 0 aliphatic carbocycles. The Morgan fingerprint density at radius 1 is 0.429 bits per heavy atom. The van der Waals surface area contributed by atoms with Crippen LogP contribution in [0.15, 0.2) is 0 Å². The van der Waals surface area contributed by atoms with Crippen molar-refractivity contribution >= 4 is 0 Å². The Bertz CT molecular complexity index is 257. The van der Waals surface area contributed by atoms with Gasteiger partial charge in [0, 0.05) is 0 Å². The molecule has 28 heavy (non-hydrogen) atoms. The minimum Gasteiger partial charge on any atom is -0.0654 e. The number of rotatable bonds is 24. The van der Waals surface area contributed by atoms with Gasteiger partial charge in [-0.15, -0.1) is 0 Å². The smallest absolute Gasteiger partial charge is 0.0358 e. The second kappa shape index (κ2) is 25.0. The molecule has 0 aromatic heterocycles. The lowest BCUT2D eigenvalue weighted by molar-refractivity contribution is 0.501. The van der Waals surface area contributed by atoms with Crippen molar-refractivity contribution in [2.75, 3.05) is 0 Å². The number of hydrogen-bond acceptors (Lipinski definition) is 0. The molecule has 1 atom stereocenters. The summed E-state index contributed by atoms with van der Waals surface area (Å²) in [5.41, 5.74) is 0. The highest BCUT2D eigenvalue weighted by molar-refractivity contribution is 4.72. The molecule has 1 unspecified atom stereocenters. The number of unbranched alkanes of at least 4 members (excludes halogenated alkanes) is 20. The molecule has 0 heteroatoms. The van der Waals surface area contributed by atoms with E-state index in [0.29, 0.717) is 0 Å². The van der Waals surface area contributed by atoms with E-state index in [0.717, 1.165) is 5.92 Å². The van der Waals surface area contributed by atoms with Crippen LogP contribution in [-0.2, 0) is 0 Å². The summed E-state index contributed by atoms with van der Waals surface area (Å²) in [6, 6.07) is 0. The lowest BCUT2D eigenvalue weighted by atomic mass is 9.96. The van der Waals surface area contributed by atoms with E-state index in [1.54, 1.807) is 0 Å². The van der Waals surface area contributed by atoms with Gasteiger partial charge in [0.2, 0.25) is 0 Å². The Morgan fingerprint density at radius 3 is 1.14 bits per heavy atom. The Hall–Kier alpha value is 0. The van der Waals surface area contributed by atoms with E-state index in [2.05, 4.69) is 27.2 Å². The van der Waals surface area contributed by atoms with Gasteiger partial charge in [0.05, 0.1) is 0 Å². The fourth-order valence-electron chi connectivity index (χ4n) is 4.28. The Kier molecular flexibility index (Phi) is 25.0. The highest BCUT2D eigenvalue weighted by atomic mass is 14.1. The Labute approximate surface area is 181 Å². The highest BCUT2D eigenvalue weighted by Crippen LogP contribution is 2.18. The lowest BCUT2D eigenvalue weighted by Gasteiger charge is -2.10. The van der Waals surface area contributed by atoms with E-state index >= 15 is 0 Å². The van der Waals surface area contributed by atoms with Crippen molar-refractivity contribution in [1.82, 2.24) is 0 Å². The minimum atomic E-state index is 0.845. The molecule has 0 fully saturated rings. The van der Waals surface area contributed by atoms with E-state index in [1.165, 1.54) is 148 Å². The van der Waals surface area contributed by atoms with Gasteiger partial charge in [-0.3, -0.25) is 0 Å². The van der Waals surface area contributed by atoms with Crippen LogP contribution >= 0.6 is 0 Å². The summed E-state index contributed by atoms with van der Waals surface area (Å²) in [6.07, 6.45) is 36.0. The average Bonchev–Trinajstić information content (AvgIpc) is 2.70. The third kappa shape index (κ3) is 24.0.